The number of carbonyl (C=O) groups is 2. The molecule has 128 valence electrons. The minimum Gasteiger partial charge on any atom is -0.442 e. The van der Waals surface area contributed by atoms with E-state index in [4.69, 9.17) is 17.0 Å². The molecule has 8 heteroatoms. The molecule has 3 amide bonds. The van der Waals surface area contributed by atoms with Crippen LogP contribution in [0.4, 0.5) is 21.0 Å². The third-order valence-corrected chi connectivity index (χ3v) is 4.29. The van der Waals surface area contributed by atoms with Crippen LogP contribution in [0.15, 0.2) is 24.3 Å². The van der Waals surface area contributed by atoms with Gasteiger partial charge in [0.1, 0.15) is 6.10 Å². The Morgan fingerprint density at radius 2 is 1.83 bits per heavy atom. The largest absolute Gasteiger partial charge is 0.442 e. The van der Waals surface area contributed by atoms with E-state index in [1.54, 1.807) is 28.7 Å². The number of hydrogen-bond donors (Lipinski definition) is 1. The number of likely N-dealkylation sites (N-methyl/N-ethyl adjacent to an activating group) is 1. The number of anilines is 2. The lowest BCUT2D eigenvalue weighted by Gasteiger charge is -2.18. The second kappa shape index (κ2) is 6.64. The Hall–Kier alpha value is -2.35. The first-order chi connectivity index (χ1) is 11.5. The Morgan fingerprint density at radius 3 is 2.38 bits per heavy atom. The van der Waals surface area contributed by atoms with Gasteiger partial charge in [-0.3, -0.25) is 9.80 Å². The maximum Gasteiger partial charge on any atom is 0.414 e. The van der Waals surface area contributed by atoms with E-state index < -0.39 is 0 Å². The van der Waals surface area contributed by atoms with Crippen LogP contribution in [-0.4, -0.2) is 61.3 Å². The highest BCUT2D eigenvalue weighted by atomic mass is 32.1. The average Bonchev–Trinajstić information content (AvgIpc) is 3.09. The molecule has 1 atom stereocenters. The van der Waals surface area contributed by atoms with Crippen molar-refractivity contribution in [3.8, 4) is 0 Å². The number of nitrogens with zero attached hydrogens (tertiary/aromatic N) is 3. The lowest BCUT2D eigenvalue weighted by atomic mass is 10.2. The van der Waals surface area contributed by atoms with Crippen molar-refractivity contribution < 1.29 is 14.3 Å². The maximum atomic E-state index is 12.0. The summed E-state index contributed by atoms with van der Waals surface area (Å²) in [6, 6.07) is 7.37. The van der Waals surface area contributed by atoms with Crippen LogP contribution >= 0.6 is 12.2 Å². The number of benzene rings is 1. The van der Waals surface area contributed by atoms with E-state index in [9.17, 15) is 9.59 Å². The van der Waals surface area contributed by atoms with Gasteiger partial charge < -0.3 is 15.0 Å². The molecule has 1 aromatic rings. The number of hydrogen-bond acceptors (Lipinski definition) is 4. The summed E-state index contributed by atoms with van der Waals surface area (Å²) in [5.74, 6) is 0. The molecule has 0 bridgehead atoms. The van der Waals surface area contributed by atoms with Crippen molar-refractivity contribution in [1.82, 2.24) is 10.2 Å². The number of rotatable bonds is 4. The zero-order valence-electron chi connectivity index (χ0n) is 13.7. The molecule has 2 aliphatic rings. The molecular formula is C16H20N4O3S. The SMILES string of the molecule is CC(=S)NCC1CN(c2ccc(N3CCN(C)C3=O)cc2)C(=O)O1. The van der Waals surface area contributed by atoms with Crippen LogP contribution in [0, 0.1) is 0 Å². The molecule has 0 saturated carbocycles. The van der Waals surface area contributed by atoms with Crippen molar-refractivity contribution in [3.63, 3.8) is 0 Å². The van der Waals surface area contributed by atoms with Crippen molar-refractivity contribution in [2.24, 2.45) is 0 Å². The van der Waals surface area contributed by atoms with Crippen molar-refractivity contribution in [3.05, 3.63) is 24.3 Å². The van der Waals surface area contributed by atoms with Gasteiger partial charge in [0.05, 0.1) is 18.1 Å². The van der Waals surface area contributed by atoms with Gasteiger partial charge in [-0.2, -0.15) is 0 Å². The Balaban J connectivity index is 1.66. The lowest BCUT2D eigenvalue weighted by molar-refractivity contribution is 0.143. The van der Waals surface area contributed by atoms with Gasteiger partial charge in [-0.1, -0.05) is 12.2 Å². The van der Waals surface area contributed by atoms with Gasteiger partial charge in [0.2, 0.25) is 0 Å². The second-order valence-corrected chi connectivity index (χ2v) is 6.54. The van der Waals surface area contributed by atoms with Gasteiger partial charge in [-0.15, -0.1) is 0 Å². The first kappa shape index (κ1) is 16.5. The second-order valence-electron chi connectivity index (χ2n) is 5.93. The van der Waals surface area contributed by atoms with E-state index in [1.807, 2.05) is 24.3 Å². The molecule has 0 aromatic heterocycles. The summed E-state index contributed by atoms with van der Waals surface area (Å²) in [5, 5.41) is 3.01. The number of cyclic esters (lactones) is 1. The van der Waals surface area contributed by atoms with Crippen LogP contribution in [0.2, 0.25) is 0 Å². The standard InChI is InChI=1S/C16H20N4O3S/c1-11(24)17-9-14-10-20(16(22)23-14)13-5-3-12(4-6-13)19-8-7-18(2)15(19)21/h3-6,14H,7-10H2,1-2H3,(H,17,24). The quantitative estimate of drug-likeness (QED) is 0.841. The zero-order valence-corrected chi connectivity index (χ0v) is 14.5. The lowest BCUT2D eigenvalue weighted by Crippen LogP contribution is -2.32. The van der Waals surface area contributed by atoms with Crippen LogP contribution in [0.25, 0.3) is 0 Å². The molecule has 3 rings (SSSR count). The Bertz CT molecular complexity index is 664. The number of ether oxygens (including phenoxy) is 1. The van der Waals surface area contributed by atoms with E-state index in [0.717, 1.165) is 11.4 Å². The molecule has 2 saturated heterocycles. The van der Waals surface area contributed by atoms with E-state index in [1.165, 1.54) is 0 Å². The summed E-state index contributed by atoms with van der Waals surface area (Å²) >= 11 is 4.97. The van der Waals surface area contributed by atoms with Crippen LogP contribution in [-0.2, 0) is 4.74 Å². The van der Waals surface area contributed by atoms with Gasteiger partial charge >= 0.3 is 12.1 Å². The highest BCUT2D eigenvalue weighted by Gasteiger charge is 2.32. The van der Waals surface area contributed by atoms with Crippen LogP contribution in [0.3, 0.4) is 0 Å². The smallest absolute Gasteiger partial charge is 0.414 e. The minimum atomic E-state index is -0.367. The van der Waals surface area contributed by atoms with Gasteiger partial charge in [0.25, 0.3) is 0 Å². The minimum absolute atomic E-state index is 0.00925. The Kier molecular flexibility index (Phi) is 4.57. The summed E-state index contributed by atoms with van der Waals surface area (Å²) in [5.41, 5.74) is 1.58. The zero-order chi connectivity index (χ0) is 17.3. The van der Waals surface area contributed by atoms with Crippen molar-refractivity contribution in [1.29, 1.82) is 0 Å². The van der Waals surface area contributed by atoms with E-state index >= 15 is 0 Å². The molecule has 2 heterocycles. The molecular weight excluding hydrogens is 328 g/mol. The van der Waals surface area contributed by atoms with Crippen LogP contribution < -0.4 is 15.1 Å². The fourth-order valence-corrected chi connectivity index (χ4v) is 2.88. The summed E-state index contributed by atoms with van der Waals surface area (Å²) in [7, 11) is 1.78. The van der Waals surface area contributed by atoms with Crippen LogP contribution in [0.5, 0.6) is 0 Å². The normalized spacial score (nSPS) is 20.6. The van der Waals surface area contributed by atoms with Gasteiger partial charge in [-0.25, -0.2) is 9.59 Å². The predicted octanol–water partition coefficient (Wildman–Crippen LogP) is 1.82. The fourth-order valence-electron chi connectivity index (χ4n) is 2.80. The average molecular weight is 348 g/mol. The predicted molar refractivity (Wildman–Crippen MR) is 95.7 cm³/mol. The topological polar surface area (TPSA) is 65.1 Å². The van der Waals surface area contributed by atoms with Crippen molar-refractivity contribution >= 4 is 40.7 Å². The molecule has 2 fully saturated rings. The first-order valence-corrected chi connectivity index (χ1v) is 8.22. The monoisotopic (exact) mass is 348 g/mol. The molecule has 1 aromatic carbocycles. The van der Waals surface area contributed by atoms with Gasteiger partial charge in [0, 0.05) is 31.5 Å². The van der Waals surface area contributed by atoms with E-state index in [2.05, 4.69) is 5.32 Å². The van der Waals surface area contributed by atoms with Crippen LogP contribution in [0.1, 0.15) is 6.92 Å². The molecule has 1 N–H and O–H groups in total. The van der Waals surface area contributed by atoms with Gasteiger partial charge in [-0.05, 0) is 31.2 Å². The number of urea groups is 1. The maximum absolute atomic E-state index is 12.0. The first-order valence-electron chi connectivity index (χ1n) is 7.81. The molecule has 0 aliphatic carbocycles. The number of nitrogens with one attached hydrogen (secondary N) is 1. The molecule has 0 spiro atoms. The molecule has 7 nitrogen and oxygen atoms in total. The molecule has 24 heavy (non-hydrogen) atoms. The third kappa shape index (κ3) is 3.28. The number of thiocarbonyl (C=S) groups is 1. The van der Waals surface area contributed by atoms with Crippen molar-refractivity contribution in [2.45, 2.75) is 13.0 Å². The highest BCUT2D eigenvalue weighted by Crippen LogP contribution is 2.26. The summed E-state index contributed by atoms with van der Waals surface area (Å²) in [6.07, 6.45) is -0.600. The highest BCUT2D eigenvalue weighted by molar-refractivity contribution is 7.80. The van der Waals surface area contributed by atoms with E-state index in [-0.39, 0.29) is 18.2 Å². The Labute approximate surface area is 146 Å². The summed E-state index contributed by atoms with van der Waals surface area (Å²) in [6.45, 7) is 4.15. The summed E-state index contributed by atoms with van der Waals surface area (Å²) in [4.78, 5) is 29.7. The molecule has 0 radical (unpaired) electrons. The fraction of sp³-hybridized carbons (Fsp3) is 0.438. The molecule has 1 unspecified atom stereocenters. The third-order valence-electron chi connectivity index (χ3n) is 4.14. The Morgan fingerprint density at radius 1 is 1.21 bits per heavy atom. The van der Waals surface area contributed by atoms with Crippen molar-refractivity contribution in [2.75, 3.05) is 43.0 Å². The number of carbonyl (C=O) groups excluding carboxylic acids is 2. The van der Waals surface area contributed by atoms with Gasteiger partial charge in [0.15, 0.2) is 0 Å². The van der Waals surface area contributed by atoms with E-state index in [0.29, 0.717) is 31.2 Å². The number of amides is 3. The summed E-state index contributed by atoms with van der Waals surface area (Å²) < 4.78 is 5.33. The molecule has 2 aliphatic heterocycles.